The van der Waals surface area contributed by atoms with E-state index in [2.05, 4.69) is 13.8 Å². The fraction of sp³-hybridized carbons (Fsp3) is 0.571. The van der Waals surface area contributed by atoms with Gasteiger partial charge in [-0.2, -0.15) is 0 Å². The van der Waals surface area contributed by atoms with Crippen LogP contribution in [0.25, 0.3) is 0 Å². The number of ether oxygens (including phenoxy) is 1. The summed E-state index contributed by atoms with van der Waals surface area (Å²) < 4.78 is 6.03. The van der Waals surface area contributed by atoms with E-state index in [9.17, 15) is 0 Å². The van der Waals surface area contributed by atoms with Crippen LogP contribution in [0.2, 0.25) is 10.0 Å². The van der Waals surface area contributed by atoms with Crippen LogP contribution in [0.1, 0.15) is 33.1 Å². The van der Waals surface area contributed by atoms with E-state index in [0.717, 1.165) is 19.3 Å². The van der Waals surface area contributed by atoms with Crippen LogP contribution in [-0.4, -0.2) is 11.5 Å². The Morgan fingerprint density at radius 1 is 1.28 bits per heavy atom. The van der Waals surface area contributed by atoms with Gasteiger partial charge in [0.2, 0.25) is 0 Å². The molecular formula is C14H17Cl3O. The zero-order chi connectivity index (χ0) is 13.3. The summed E-state index contributed by atoms with van der Waals surface area (Å²) in [5.41, 5.74) is 0.0739. The minimum atomic E-state index is 0.0739. The van der Waals surface area contributed by atoms with E-state index in [4.69, 9.17) is 39.5 Å². The molecule has 100 valence electrons. The Hall–Kier alpha value is -0.110. The summed E-state index contributed by atoms with van der Waals surface area (Å²) in [4.78, 5) is 0. The van der Waals surface area contributed by atoms with Gasteiger partial charge < -0.3 is 4.74 Å². The van der Waals surface area contributed by atoms with Crippen molar-refractivity contribution in [1.29, 1.82) is 0 Å². The molecule has 1 nitrogen and oxygen atoms in total. The van der Waals surface area contributed by atoms with Crippen LogP contribution < -0.4 is 4.74 Å². The molecule has 1 aromatic carbocycles. The Morgan fingerprint density at radius 3 is 2.44 bits per heavy atom. The Balaban J connectivity index is 2.15. The molecular weight excluding hydrogens is 291 g/mol. The smallest absolute Gasteiger partial charge is 0.138 e. The second-order valence-corrected chi connectivity index (χ2v) is 6.20. The molecule has 1 aliphatic carbocycles. The number of hydrogen-bond donors (Lipinski definition) is 0. The predicted molar refractivity (Wildman–Crippen MR) is 78.2 cm³/mol. The number of benzene rings is 1. The topological polar surface area (TPSA) is 9.23 Å². The van der Waals surface area contributed by atoms with Crippen molar-refractivity contribution < 1.29 is 4.74 Å². The van der Waals surface area contributed by atoms with Gasteiger partial charge in [0.1, 0.15) is 11.9 Å². The van der Waals surface area contributed by atoms with Crippen LogP contribution in [-0.2, 0) is 0 Å². The Bertz CT molecular complexity index is 429. The largest absolute Gasteiger partial charge is 0.488 e. The van der Waals surface area contributed by atoms with Crippen LogP contribution >= 0.6 is 34.8 Å². The monoisotopic (exact) mass is 306 g/mol. The van der Waals surface area contributed by atoms with Crippen molar-refractivity contribution in [2.75, 3.05) is 0 Å². The van der Waals surface area contributed by atoms with Crippen LogP contribution in [0.15, 0.2) is 18.2 Å². The lowest BCUT2D eigenvalue weighted by atomic mass is 9.62. The number of rotatable bonds is 4. The van der Waals surface area contributed by atoms with Crippen LogP contribution in [0.3, 0.4) is 0 Å². The zero-order valence-corrected chi connectivity index (χ0v) is 12.8. The van der Waals surface area contributed by atoms with Crippen molar-refractivity contribution >= 4 is 34.8 Å². The van der Waals surface area contributed by atoms with Crippen LogP contribution in [0.5, 0.6) is 5.75 Å². The van der Waals surface area contributed by atoms with E-state index in [1.807, 2.05) is 6.07 Å². The lowest BCUT2D eigenvalue weighted by Gasteiger charge is -2.52. The normalized spacial score (nSPS) is 25.6. The average molecular weight is 308 g/mol. The highest BCUT2D eigenvalue weighted by Gasteiger charge is 2.53. The first-order valence-electron chi connectivity index (χ1n) is 6.29. The molecule has 2 rings (SSSR count). The first-order valence-corrected chi connectivity index (χ1v) is 7.48. The molecule has 2 atom stereocenters. The summed E-state index contributed by atoms with van der Waals surface area (Å²) in [6, 6.07) is 5.32. The molecule has 0 aliphatic heterocycles. The molecule has 0 saturated heterocycles. The first kappa shape index (κ1) is 14.3. The van der Waals surface area contributed by atoms with E-state index >= 15 is 0 Å². The third-order valence-corrected chi connectivity index (χ3v) is 5.31. The molecule has 0 heterocycles. The Kier molecular flexibility index (Phi) is 4.36. The number of alkyl halides is 1. The van der Waals surface area contributed by atoms with Crippen molar-refractivity contribution in [3.8, 4) is 5.75 Å². The molecule has 0 bridgehead atoms. The summed E-state index contributed by atoms with van der Waals surface area (Å²) in [5, 5.41) is 1.37. The Labute approximate surface area is 123 Å². The zero-order valence-electron chi connectivity index (χ0n) is 10.6. The molecule has 18 heavy (non-hydrogen) atoms. The fourth-order valence-electron chi connectivity index (χ4n) is 2.74. The van der Waals surface area contributed by atoms with Gasteiger partial charge in [0.25, 0.3) is 0 Å². The Morgan fingerprint density at radius 2 is 1.94 bits per heavy atom. The molecule has 1 saturated carbocycles. The van der Waals surface area contributed by atoms with Crippen molar-refractivity contribution in [3.05, 3.63) is 28.2 Å². The summed E-state index contributed by atoms with van der Waals surface area (Å²) in [6.45, 7) is 4.33. The third kappa shape index (κ3) is 2.33. The molecule has 2 unspecified atom stereocenters. The maximum Gasteiger partial charge on any atom is 0.138 e. The third-order valence-electron chi connectivity index (χ3n) is 4.17. The number of halogens is 3. The predicted octanol–water partition coefficient (Wildman–Crippen LogP) is 5.56. The fourth-order valence-corrected chi connectivity index (χ4v) is 3.80. The van der Waals surface area contributed by atoms with Crippen LogP contribution in [0.4, 0.5) is 0 Å². The minimum Gasteiger partial charge on any atom is -0.488 e. The van der Waals surface area contributed by atoms with E-state index in [1.165, 1.54) is 0 Å². The van der Waals surface area contributed by atoms with Gasteiger partial charge in [-0.05, 0) is 31.0 Å². The molecule has 0 N–H and O–H groups in total. The molecule has 4 heteroatoms. The van der Waals surface area contributed by atoms with Gasteiger partial charge >= 0.3 is 0 Å². The summed E-state index contributed by atoms with van der Waals surface area (Å²) in [6.07, 6.45) is 3.07. The molecule has 1 aromatic rings. The van der Waals surface area contributed by atoms with E-state index < -0.39 is 0 Å². The van der Waals surface area contributed by atoms with Crippen molar-refractivity contribution in [1.82, 2.24) is 0 Å². The summed E-state index contributed by atoms with van der Waals surface area (Å²) in [7, 11) is 0. The molecule has 0 aromatic heterocycles. The van der Waals surface area contributed by atoms with E-state index in [0.29, 0.717) is 15.8 Å². The standard InChI is InChI=1S/C14H17Cl3O/c1-3-14(4-2)12(17)8-13(14)18-11-6-5-9(15)7-10(11)16/h5-7,12-13H,3-4,8H2,1-2H3. The van der Waals surface area contributed by atoms with Gasteiger partial charge in [0.05, 0.1) is 5.02 Å². The maximum atomic E-state index is 6.36. The average Bonchev–Trinajstić information content (AvgIpc) is 2.33. The molecule has 0 spiro atoms. The van der Waals surface area contributed by atoms with E-state index in [-0.39, 0.29) is 16.9 Å². The minimum absolute atomic E-state index is 0.0739. The lowest BCUT2D eigenvalue weighted by Crippen LogP contribution is -2.56. The van der Waals surface area contributed by atoms with E-state index in [1.54, 1.807) is 12.1 Å². The van der Waals surface area contributed by atoms with Crippen molar-refractivity contribution in [3.63, 3.8) is 0 Å². The number of hydrogen-bond acceptors (Lipinski definition) is 1. The highest BCUT2D eigenvalue weighted by atomic mass is 35.5. The molecule has 0 radical (unpaired) electrons. The molecule has 1 aliphatic rings. The summed E-state index contributed by atoms with van der Waals surface area (Å²) in [5.74, 6) is 0.695. The van der Waals surface area contributed by atoms with Gasteiger partial charge in [-0.15, -0.1) is 11.6 Å². The molecule has 0 amide bonds. The maximum absolute atomic E-state index is 6.36. The van der Waals surface area contributed by atoms with Gasteiger partial charge in [0, 0.05) is 22.2 Å². The second-order valence-electron chi connectivity index (χ2n) is 4.82. The first-order chi connectivity index (χ1) is 8.53. The van der Waals surface area contributed by atoms with Crippen molar-refractivity contribution in [2.24, 2.45) is 5.41 Å². The van der Waals surface area contributed by atoms with Crippen molar-refractivity contribution in [2.45, 2.75) is 44.6 Å². The van der Waals surface area contributed by atoms with Gasteiger partial charge in [-0.3, -0.25) is 0 Å². The summed E-state index contributed by atoms with van der Waals surface area (Å²) >= 11 is 18.4. The highest BCUT2D eigenvalue weighted by Crippen LogP contribution is 2.52. The van der Waals surface area contributed by atoms with Gasteiger partial charge in [-0.25, -0.2) is 0 Å². The second kappa shape index (κ2) is 5.48. The van der Waals surface area contributed by atoms with Crippen LogP contribution in [0, 0.1) is 5.41 Å². The highest BCUT2D eigenvalue weighted by molar-refractivity contribution is 6.35. The lowest BCUT2D eigenvalue weighted by molar-refractivity contribution is -0.0461. The van der Waals surface area contributed by atoms with Gasteiger partial charge in [0.15, 0.2) is 0 Å². The SMILES string of the molecule is CCC1(CC)C(Cl)CC1Oc1ccc(Cl)cc1Cl. The van der Waals surface area contributed by atoms with Gasteiger partial charge in [-0.1, -0.05) is 37.0 Å². The quantitative estimate of drug-likeness (QED) is 0.662. The molecule has 1 fully saturated rings.